The molecular weight excluding hydrogens is 614 g/mol. The molecule has 1 aromatic carbocycles. The van der Waals surface area contributed by atoms with Crippen molar-refractivity contribution in [1.29, 1.82) is 0 Å². The van der Waals surface area contributed by atoms with Gasteiger partial charge in [0.05, 0.1) is 4.47 Å². The molecule has 1 aliphatic carbocycles. The van der Waals surface area contributed by atoms with E-state index in [9.17, 15) is 36.2 Å². The van der Waals surface area contributed by atoms with Crippen molar-refractivity contribution in [3.05, 3.63) is 63.9 Å². The van der Waals surface area contributed by atoms with Crippen LogP contribution in [0, 0.1) is 11.8 Å². The SMILES string of the molecule is CCO[C@@H](Cc1ccc(OC/C=C(/C)C#CC2(OCC(F)(F)F)C=CC=C(OCC(F)(F)F)C2)c(Br)c1)C(=O)O. The van der Waals surface area contributed by atoms with Crippen LogP contribution >= 0.6 is 15.9 Å². The number of hydrogen-bond donors (Lipinski definition) is 1. The molecule has 40 heavy (non-hydrogen) atoms. The fourth-order valence-corrected chi connectivity index (χ4v) is 3.87. The van der Waals surface area contributed by atoms with Crippen molar-refractivity contribution in [2.24, 2.45) is 0 Å². The Kier molecular flexibility index (Phi) is 12.2. The Morgan fingerprint density at radius 2 is 1.88 bits per heavy atom. The van der Waals surface area contributed by atoms with Gasteiger partial charge in [0.25, 0.3) is 0 Å². The van der Waals surface area contributed by atoms with Crippen molar-refractivity contribution in [3.63, 3.8) is 0 Å². The average molecular weight is 641 g/mol. The lowest BCUT2D eigenvalue weighted by Gasteiger charge is -2.29. The van der Waals surface area contributed by atoms with Crippen LogP contribution < -0.4 is 4.74 Å². The molecule has 0 heterocycles. The van der Waals surface area contributed by atoms with E-state index >= 15 is 0 Å². The van der Waals surface area contributed by atoms with Crippen molar-refractivity contribution >= 4 is 21.9 Å². The maximum Gasteiger partial charge on any atom is 0.422 e. The second-order valence-electron chi connectivity index (χ2n) is 8.57. The summed E-state index contributed by atoms with van der Waals surface area (Å²) in [7, 11) is 0. The van der Waals surface area contributed by atoms with Crippen LogP contribution in [0.3, 0.4) is 0 Å². The molecule has 6 nitrogen and oxygen atoms in total. The van der Waals surface area contributed by atoms with Crippen LogP contribution in [0.5, 0.6) is 5.75 Å². The number of alkyl halides is 6. The van der Waals surface area contributed by atoms with E-state index in [1.807, 2.05) is 0 Å². The molecule has 0 amide bonds. The van der Waals surface area contributed by atoms with Crippen molar-refractivity contribution in [1.82, 2.24) is 0 Å². The van der Waals surface area contributed by atoms with E-state index in [0.717, 1.165) is 0 Å². The molecule has 0 aliphatic heterocycles. The number of carbonyl (C=O) groups is 1. The molecular formula is C27H27BrF6O6. The lowest BCUT2D eigenvalue weighted by Crippen LogP contribution is -2.35. The van der Waals surface area contributed by atoms with Gasteiger partial charge in [-0.25, -0.2) is 4.79 Å². The maximum absolute atomic E-state index is 12.8. The molecule has 0 fully saturated rings. The highest BCUT2D eigenvalue weighted by Gasteiger charge is 2.38. The molecule has 0 bridgehead atoms. The Balaban J connectivity index is 2.09. The second-order valence-corrected chi connectivity index (χ2v) is 9.42. The monoisotopic (exact) mass is 640 g/mol. The Morgan fingerprint density at radius 1 is 1.18 bits per heavy atom. The van der Waals surface area contributed by atoms with Gasteiger partial charge in [0.2, 0.25) is 0 Å². The van der Waals surface area contributed by atoms with Gasteiger partial charge >= 0.3 is 18.3 Å². The minimum atomic E-state index is -4.68. The van der Waals surface area contributed by atoms with Crippen LogP contribution in [0.15, 0.2) is 58.3 Å². The minimum Gasteiger partial charge on any atom is -0.488 e. The van der Waals surface area contributed by atoms with Crippen molar-refractivity contribution in [3.8, 4) is 17.6 Å². The summed E-state index contributed by atoms with van der Waals surface area (Å²) in [5.41, 5.74) is -0.741. The van der Waals surface area contributed by atoms with Crippen LogP contribution in [0.4, 0.5) is 26.3 Å². The number of carboxylic acids is 1. The zero-order valence-electron chi connectivity index (χ0n) is 21.5. The van der Waals surface area contributed by atoms with E-state index in [1.165, 1.54) is 18.2 Å². The highest BCUT2D eigenvalue weighted by molar-refractivity contribution is 9.10. The number of carboxylic acid groups (broad SMARTS) is 1. The van der Waals surface area contributed by atoms with Gasteiger partial charge in [0.1, 0.15) is 24.7 Å². The van der Waals surface area contributed by atoms with Gasteiger partial charge < -0.3 is 24.1 Å². The smallest absolute Gasteiger partial charge is 0.422 e. The molecule has 220 valence electrons. The number of rotatable bonds is 12. The van der Waals surface area contributed by atoms with E-state index in [1.54, 1.807) is 38.1 Å². The average Bonchev–Trinajstić information content (AvgIpc) is 2.85. The molecule has 1 unspecified atom stereocenters. The number of ether oxygens (including phenoxy) is 4. The third kappa shape index (κ3) is 12.1. The molecule has 2 rings (SSSR count). The van der Waals surface area contributed by atoms with Crippen molar-refractivity contribution < 1.29 is 55.2 Å². The summed E-state index contributed by atoms with van der Waals surface area (Å²) >= 11 is 3.37. The van der Waals surface area contributed by atoms with Crippen molar-refractivity contribution in [2.45, 2.75) is 50.7 Å². The highest BCUT2D eigenvalue weighted by atomic mass is 79.9. The van der Waals surface area contributed by atoms with Gasteiger partial charge in [-0.3, -0.25) is 0 Å². The van der Waals surface area contributed by atoms with Gasteiger partial charge in [0, 0.05) is 19.4 Å². The Hall–Kier alpha value is -2.95. The number of halogens is 7. The van der Waals surface area contributed by atoms with E-state index in [0.29, 0.717) is 21.4 Å². The first-order chi connectivity index (χ1) is 18.6. The zero-order chi connectivity index (χ0) is 30.0. The summed E-state index contributed by atoms with van der Waals surface area (Å²) in [6.45, 7) is 0.298. The number of benzene rings is 1. The lowest BCUT2D eigenvalue weighted by atomic mass is 9.93. The molecule has 1 aliphatic rings. The first kappa shape index (κ1) is 33.3. The topological polar surface area (TPSA) is 74.2 Å². The van der Waals surface area contributed by atoms with Gasteiger partial charge in [-0.05, 0) is 71.3 Å². The van der Waals surface area contributed by atoms with Crippen LogP contribution in [0.1, 0.15) is 25.8 Å². The molecule has 13 heteroatoms. The largest absolute Gasteiger partial charge is 0.488 e. The highest BCUT2D eigenvalue weighted by Crippen LogP contribution is 2.31. The molecule has 0 radical (unpaired) electrons. The minimum absolute atomic E-state index is 0.0290. The number of hydrogen-bond acceptors (Lipinski definition) is 5. The normalized spacial score (nSPS) is 18.4. The van der Waals surface area contributed by atoms with Gasteiger partial charge in [-0.1, -0.05) is 24.0 Å². The quantitative estimate of drug-likeness (QED) is 0.206. The van der Waals surface area contributed by atoms with Crippen LogP contribution in [-0.4, -0.2) is 61.6 Å². The number of aliphatic carboxylic acids is 1. The third-order valence-electron chi connectivity index (χ3n) is 5.16. The zero-order valence-corrected chi connectivity index (χ0v) is 23.1. The van der Waals surface area contributed by atoms with Crippen LogP contribution in [-0.2, 0) is 25.4 Å². The fraction of sp³-hybridized carbons (Fsp3) is 0.444. The summed E-state index contributed by atoms with van der Waals surface area (Å²) in [5, 5.41) is 9.24. The molecule has 0 saturated heterocycles. The predicted molar refractivity (Wildman–Crippen MR) is 137 cm³/mol. The lowest BCUT2D eigenvalue weighted by molar-refractivity contribution is -0.191. The molecule has 0 aromatic heterocycles. The first-order valence-corrected chi connectivity index (χ1v) is 12.6. The van der Waals surface area contributed by atoms with Crippen LogP contribution in [0.25, 0.3) is 0 Å². The van der Waals surface area contributed by atoms with Gasteiger partial charge in [-0.15, -0.1) is 0 Å². The van der Waals surface area contributed by atoms with Crippen molar-refractivity contribution in [2.75, 3.05) is 26.4 Å². The summed E-state index contributed by atoms with van der Waals surface area (Å²) in [6, 6.07) is 5.03. The van der Waals surface area contributed by atoms with E-state index in [2.05, 4.69) is 27.8 Å². The molecule has 0 spiro atoms. The van der Waals surface area contributed by atoms with Crippen LogP contribution in [0.2, 0.25) is 0 Å². The van der Waals surface area contributed by atoms with E-state index in [4.69, 9.17) is 18.9 Å². The standard InChI is InChI=1S/C27H27BrF6O6/c1-3-37-23(24(35)36)14-19-6-7-22(21(28)13-19)38-12-9-18(2)8-11-25(40-17-27(32,33)34)10-4-5-20(15-25)39-16-26(29,30)31/h4-7,9-10,13,23H,3,12,14-17H2,1-2H3,(H,35,36)/b18-9-/t23-,25?/m0/s1. The molecule has 0 saturated carbocycles. The van der Waals surface area contributed by atoms with E-state index in [-0.39, 0.29) is 25.4 Å². The molecule has 1 N–H and O–H groups in total. The van der Waals surface area contributed by atoms with Gasteiger partial charge in [-0.2, -0.15) is 26.3 Å². The molecule has 1 aromatic rings. The fourth-order valence-electron chi connectivity index (χ4n) is 3.33. The molecule has 2 atom stereocenters. The first-order valence-electron chi connectivity index (χ1n) is 11.9. The summed E-state index contributed by atoms with van der Waals surface area (Å²) in [5.74, 6) is 4.42. The predicted octanol–water partition coefficient (Wildman–Crippen LogP) is 6.55. The maximum atomic E-state index is 12.8. The van der Waals surface area contributed by atoms with Gasteiger partial charge in [0.15, 0.2) is 18.3 Å². The third-order valence-corrected chi connectivity index (χ3v) is 5.78. The number of allylic oxidation sites excluding steroid dienone is 3. The summed E-state index contributed by atoms with van der Waals surface area (Å²) in [4.78, 5) is 11.3. The Morgan fingerprint density at radius 3 is 2.48 bits per heavy atom. The Labute approximate surface area is 235 Å². The summed E-state index contributed by atoms with van der Waals surface area (Å²) in [6.07, 6.45) is -5.36. The summed E-state index contributed by atoms with van der Waals surface area (Å²) < 4.78 is 97.3. The van der Waals surface area contributed by atoms with E-state index < -0.39 is 49.7 Å². The Bertz CT molecular complexity index is 1180. The second kappa shape index (κ2) is 14.6.